The Balaban J connectivity index is 2.03. The molecule has 1 aromatic rings. The molecule has 9 heteroatoms. The van der Waals surface area contributed by atoms with Crippen LogP contribution in [0, 0.1) is 15.5 Å². The summed E-state index contributed by atoms with van der Waals surface area (Å²) in [4.78, 5) is 36.6. The predicted molar refractivity (Wildman–Crippen MR) is 95.5 cm³/mol. The van der Waals surface area contributed by atoms with Crippen molar-refractivity contribution >= 4 is 17.7 Å². The largest absolute Gasteiger partial charge is 0.514 e. The number of rotatable bonds is 5. The molecule has 1 amide bonds. The van der Waals surface area contributed by atoms with Gasteiger partial charge >= 0.3 is 6.16 Å². The molecular weight excluding hydrogens is 356 g/mol. The molecule has 1 aliphatic rings. The van der Waals surface area contributed by atoms with Crippen LogP contribution in [-0.4, -0.2) is 54.3 Å². The van der Waals surface area contributed by atoms with Crippen LogP contribution in [0.25, 0.3) is 0 Å². The third kappa shape index (κ3) is 6.52. The average Bonchev–Trinajstić information content (AvgIpc) is 2.60. The van der Waals surface area contributed by atoms with Crippen molar-refractivity contribution < 1.29 is 28.7 Å². The van der Waals surface area contributed by atoms with Crippen LogP contribution in [0.5, 0.6) is 5.75 Å². The van der Waals surface area contributed by atoms with Crippen LogP contribution in [0.15, 0.2) is 24.3 Å². The molecule has 0 radical (unpaired) electrons. The summed E-state index contributed by atoms with van der Waals surface area (Å²) < 4.78 is 15.6. The summed E-state index contributed by atoms with van der Waals surface area (Å²) >= 11 is 0. The molecule has 0 N–H and O–H groups in total. The maximum atomic E-state index is 12.7. The maximum absolute atomic E-state index is 12.7. The lowest BCUT2D eigenvalue weighted by molar-refractivity contribution is -0.384. The number of amides is 1. The number of non-ortho nitro benzene ring substituents is 1. The van der Waals surface area contributed by atoms with E-state index >= 15 is 0 Å². The zero-order chi connectivity index (χ0) is 20.0. The number of carbonyl (C=O) groups excluding carboxylic acids is 2. The van der Waals surface area contributed by atoms with Crippen LogP contribution in [-0.2, 0) is 14.3 Å². The van der Waals surface area contributed by atoms with Gasteiger partial charge in [0.15, 0.2) is 6.10 Å². The minimum Gasteiger partial charge on any atom is -0.421 e. The van der Waals surface area contributed by atoms with Gasteiger partial charge in [-0.25, -0.2) is 4.79 Å². The summed E-state index contributed by atoms with van der Waals surface area (Å²) in [6.07, 6.45) is -1.67. The summed E-state index contributed by atoms with van der Waals surface area (Å²) in [6, 6.07) is 5.02. The standard InChI is InChI=1S/C18H24N2O7/c1-18(2,3)12-15(16(21)19-8-10-25-11-9-19)27-17(22)26-14-6-4-13(5-7-14)20(23)24/h4-7,15H,8-12H2,1-3H3/t15-/m0/s1. The lowest BCUT2D eigenvalue weighted by atomic mass is 9.88. The third-order valence-corrected chi connectivity index (χ3v) is 3.88. The SMILES string of the molecule is CC(C)(C)C[C@H](OC(=O)Oc1ccc([N+](=O)[O-])cc1)C(=O)N1CCOCC1. The highest BCUT2D eigenvalue weighted by molar-refractivity contribution is 5.83. The van der Waals surface area contributed by atoms with Gasteiger partial charge in [-0.3, -0.25) is 14.9 Å². The minimum atomic E-state index is -1.03. The molecule has 1 saturated heterocycles. The Morgan fingerprint density at radius 2 is 1.81 bits per heavy atom. The molecule has 2 rings (SSSR count). The smallest absolute Gasteiger partial charge is 0.421 e. The molecule has 0 aromatic heterocycles. The Hall–Kier alpha value is -2.68. The van der Waals surface area contributed by atoms with Gasteiger partial charge in [0.2, 0.25) is 0 Å². The summed E-state index contributed by atoms with van der Waals surface area (Å²) in [7, 11) is 0. The summed E-state index contributed by atoms with van der Waals surface area (Å²) in [5.41, 5.74) is -0.371. The number of hydrogen-bond donors (Lipinski definition) is 0. The molecule has 0 bridgehead atoms. The highest BCUT2D eigenvalue weighted by atomic mass is 16.7. The second-order valence-electron chi connectivity index (χ2n) is 7.41. The molecule has 148 valence electrons. The van der Waals surface area contributed by atoms with E-state index in [1.54, 1.807) is 4.90 Å². The Morgan fingerprint density at radius 3 is 2.33 bits per heavy atom. The number of morpholine rings is 1. The molecule has 0 unspecified atom stereocenters. The van der Waals surface area contributed by atoms with Crippen molar-refractivity contribution in [3.63, 3.8) is 0 Å². The number of nitro benzene ring substituents is 1. The normalized spacial score (nSPS) is 15.7. The van der Waals surface area contributed by atoms with Crippen molar-refractivity contribution in [1.82, 2.24) is 4.90 Å². The highest BCUT2D eigenvalue weighted by Crippen LogP contribution is 2.25. The van der Waals surface area contributed by atoms with Crippen molar-refractivity contribution in [2.45, 2.75) is 33.3 Å². The lowest BCUT2D eigenvalue weighted by Crippen LogP contribution is -2.48. The molecule has 9 nitrogen and oxygen atoms in total. The van der Waals surface area contributed by atoms with Crippen LogP contribution in [0.1, 0.15) is 27.2 Å². The molecule has 1 aromatic carbocycles. The first-order valence-corrected chi connectivity index (χ1v) is 8.65. The van der Waals surface area contributed by atoms with Gasteiger partial charge in [-0.05, 0) is 24.0 Å². The minimum absolute atomic E-state index is 0.0962. The zero-order valence-corrected chi connectivity index (χ0v) is 15.7. The van der Waals surface area contributed by atoms with Gasteiger partial charge in [0, 0.05) is 25.2 Å². The van der Waals surface area contributed by atoms with Crippen molar-refractivity contribution in [2.24, 2.45) is 5.41 Å². The van der Waals surface area contributed by atoms with E-state index in [9.17, 15) is 19.7 Å². The van der Waals surface area contributed by atoms with E-state index in [1.165, 1.54) is 24.3 Å². The predicted octanol–water partition coefficient (Wildman–Crippen LogP) is 2.77. The Labute approximate surface area is 157 Å². The van der Waals surface area contributed by atoms with E-state index in [0.717, 1.165) is 0 Å². The summed E-state index contributed by atoms with van der Waals surface area (Å²) in [6.45, 7) is 7.61. The van der Waals surface area contributed by atoms with Crippen LogP contribution in [0.2, 0.25) is 0 Å². The zero-order valence-electron chi connectivity index (χ0n) is 15.7. The van der Waals surface area contributed by atoms with Crippen molar-refractivity contribution in [3.05, 3.63) is 34.4 Å². The van der Waals surface area contributed by atoms with Gasteiger partial charge in [-0.2, -0.15) is 0 Å². The Morgan fingerprint density at radius 1 is 1.22 bits per heavy atom. The average molecular weight is 380 g/mol. The van der Waals surface area contributed by atoms with Gasteiger partial charge in [-0.15, -0.1) is 0 Å². The van der Waals surface area contributed by atoms with Crippen molar-refractivity contribution in [1.29, 1.82) is 0 Å². The fourth-order valence-electron chi connectivity index (χ4n) is 2.60. The van der Waals surface area contributed by atoms with Crippen LogP contribution < -0.4 is 4.74 Å². The molecular formula is C18H24N2O7. The monoisotopic (exact) mass is 380 g/mol. The lowest BCUT2D eigenvalue weighted by Gasteiger charge is -2.32. The van der Waals surface area contributed by atoms with E-state index in [1.807, 2.05) is 20.8 Å². The Kier molecular flexibility index (Phi) is 6.73. The second kappa shape index (κ2) is 8.81. The van der Waals surface area contributed by atoms with Gasteiger partial charge in [0.1, 0.15) is 5.75 Å². The molecule has 1 aliphatic heterocycles. The highest BCUT2D eigenvalue weighted by Gasteiger charge is 2.33. The third-order valence-electron chi connectivity index (χ3n) is 3.88. The molecule has 27 heavy (non-hydrogen) atoms. The van der Waals surface area contributed by atoms with Crippen LogP contribution in [0.3, 0.4) is 0 Å². The number of benzene rings is 1. The van der Waals surface area contributed by atoms with Crippen molar-refractivity contribution in [3.8, 4) is 5.75 Å². The van der Waals surface area contributed by atoms with Gasteiger partial charge in [-0.1, -0.05) is 20.8 Å². The molecule has 0 aliphatic carbocycles. The maximum Gasteiger partial charge on any atom is 0.514 e. The topological polar surface area (TPSA) is 108 Å². The quantitative estimate of drug-likeness (QED) is 0.334. The van der Waals surface area contributed by atoms with Gasteiger partial charge < -0.3 is 19.1 Å². The summed E-state index contributed by atoms with van der Waals surface area (Å²) in [5.74, 6) is -0.187. The first-order chi connectivity index (χ1) is 12.7. The van der Waals surface area contributed by atoms with E-state index in [0.29, 0.717) is 32.7 Å². The first kappa shape index (κ1) is 20.6. The second-order valence-corrected chi connectivity index (χ2v) is 7.41. The van der Waals surface area contributed by atoms with Crippen LogP contribution in [0.4, 0.5) is 10.5 Å². The van der Waals surface area contributed by atoms with E-state index in [2.05, 4.69) is 0 Å². The van der Waals surface area contributed by atoms with E-state index < -0.39 is 17.2 Å². The number of carbonyl (C=O) groups is 2. The number of nitrogens with zero attached hydrogens (tertiary/aromatic N) is 2. The van der Waals surface area contributed by atoms with Gasteiger partial charge in [0.05, 0.1) is 18.1 Å². The van der Waals surface area contributed by atoms with E-state index in [4.69, 9.17) is 14.2 Å². The Bertz CT molecular complexity index is 676. The fraction of sp³-hybridized carbons (Fsp3) is 0.556. The molecule has 1 heterocycles. The van der Waals surface area contributed by atoms with Gasteiger partial charge in [0.25, 0.3) is 11.6 Å². The number of nitro groups is 1. The molecule has 1 fully saturated rings. The van der Waals surface area contributed by atoms with Crippen LogP contribution >= 0.6 is 0 Å². The van der Waals surface area contributed by atoms with Crippen molar-refractivity contribution in [2.75, 3.05) is 26.3 Å². The summed E-state index contributed by atoms with van der Waals surface area (Å²) in [5, 5.41) is 10.7. The first-order valence-electron chi connectivity index (χ1n) is 8.65. The molecule has 0 saturated carbocycles. The number of hydrogen-bond acceptors (Lipinski definition) is 7. The number of ether oxygens (including phenoxy) is 3. The van der Waals surface area contributed by atoms with E-state index in [-0.39, 0.29) is 22.8 Å². The molecule has 0 spiro atoms. The fourth-order valence-corrected chi connectivity index (χ4v) is 2.60. The molecule has 1 atom stereocenters.